The molecule has 5 atom stereocenters. The summed E-state index contributed by atoms with van der Waals surface area (Å²) in [6, 6.07) is 15.3. The Balaban J connectivity index is 1.34. The number of benzene rings is 2. The maximum absolute atomic E-state index is 14.5. The standard InChI is InChI=1S/C40H49N5O9S/c1-8-25-21-40(25,37(48)44-55(50,51)28-15-16-28)43-35(46)32-19-27(22-45(32)36(47)34(39(4,5)6)54-38(49)41-23(2)3)53-33-20-30(24-12-10-9-11-13-24)42-31-18-26(52-7)14-17-29(31)33/h8-14,17-18,20,23,25,27-28,32,34H,1,15-16,19,21-22H2,2-7H3,(H,41,49)(H,43,46)(H,44,48)/t25?,27-,32+,34-,40?/m1/s1. The third-order valence-electron chi connectivity index (χ3n) is 10.1. The van der Waals surface area contributed by atoms with Crippen molar-refractivity contribution in [2.45, 2.75) is 95.4 Å². The summed E-state index contributed by atoms with van der Waals surface area (Å²) in [5, 5.41) is 5.47. The van der Waals surface area contributed by atoms with E-state index < -0.39 is 74.2 Å². The number of methoxy groups -OCH3 is 1. The average Bonchev–Trinajstić information content (AvgIpc) is 4.06. The minimum absolute atomic E-state index is 0.00406. The SMILES string of the molecule is C=CC1CC1(NC(=O)[C@@H]1C[C@@H](Oc2cc(-c3ccccc3)nc3cc(OC)ccc23)CN1C(=O)[C@@H](OC(=O)NC(C)C)C(C)(C)C)C(=O)NS(=O)(=O)C1CC1. The van der Waals surface area contributed by atoms with Crippen LogP contribution in [0.15, 0.2) is 67.3 Å². The normalized spacial score (nSPS) is 22.7. The first kappa shape index (κ1) is 39.5. The molecule has 2 heterocycles. The topological polar surface area (TPSA) is 182 Å². The van der Waals surface area contributed by atoms with E-state index in [1.807, 2.05) is 36.4 Å². The Labute approximate surface area is 321 Å². The Hall–Kier alpha value is -5.18. The highest BCUT2D eigenvalue weighted by Crippen LogP contribution is 2.46. The first-order valence-electron chi connectivity index (χ1n) is 18.4. The average molecular weight is 776 g/mol. The number of carbonyl (C=O) groups is 4. The van der Waals surface area contributed by atoms with Crippen LogP contribution in [0.5, 0.6) is 11.5 Å². The Morgan fingerprint density at radius 1 is 1.05 bits per heavy atom. The summed E-state index contributed by atoms with van der Waals surface area (Å²) < 4.78 is 45.5. The number of nitrogens with one attached hydrogen (secondary N) is 3. The molecule has 1 aromatic heterocycles. The van der Waals surface area contributed by atoms with Crippen LogP contribution < -0.4 is 24.8 Å². The molecule has 2 aliphatic carbocycles. The van der Waals surface area contributed by atoms with E-state index in [2.05, 4.69) is 21.9 Å². The van der Waals surface area contributed by atoms with Crippen LogP contribution in [0, 0.1) is 11.3 Å². The molecule has 0 radical (unpaired) electrons. The first-order valence-corrected chi connectivity index (χ1v) is 20.0. The summed E-state index contributed by atoms with van der Waals surface area (Å²) >= 11 is 0. The lowest BCUT2D eigenvalue weighted by atomic mass is 9.88. The molecule has 55 heavy (non-hydrogen) atoms. The Kier molecular flexibility index (Phi) is 10.9. The number of likely N-dealkylation sites (tertiary alicyclic amines) is 1. The van der Waals surface area contributed by atoms with Crippen molar-refractivity contribution in [3.05, 3.63) is 67.3 Å². The van der Waals surface area contributed by atoms with Crippen LogP contribution in [0.2, 0.25) is 0 Å². The molecule has 3 N–H and O–H groups in total. The van der Waals surface area contributed by atoms with Crippen molar-refractivity contribution in [3.8, 4) is 22.8 Å². The summed E-state index contributed by atoms with van der Waals surface area (Å²) in [7, 11) is -2.35. The molecule has 3 aromatic rings. The molecule has 3 fully saturated rings. The predicted octanol–water partition coefficient (Wildman–Crippen LogP) is 4.48. The van der Waals surface area contributed by atoms with Gasteiger partial charge in [-0.1, -0.05) is 57.2 Å². The van der Waals surface area contributed by atoms with Gasteiger partial charge >= 0.3 is 6.09 Å². The van der Waals surface area contributed by atoms with Gasteiger partial charge in [0.2, 0.25) is 15.9 Å². The van der Waals surface area contributed by atoms with Gasteiger partial charge in [-0.2, -0.15) is 0 Å². The number of carbonyl (C=O) groups excluding carboxylic acids is 4. The maximum atomic E-state index is 14.5. The molecule has 2 aromatic carbocycles. The summed E-state index contributed by atoms with van der Waals surface area (Å²) in [6.07, 6.45) is -0.297. The molecule has 3 aliphatic rings. The highest BCUT2D eigenvalue weighted by molar-refractivity contribution is 7.91. The Morgan fingerprint density at radius 3 is 2.36 bits per heavy atom. The van der Waals surface area contributed by atoms with Gasteiger partial charge in [-0.3, -0.25) is 19.1 Å². The van der Waals surface area contributed by atoms with Crippen molar-refractivity contribution < 1.29 is 41.8 Å². The van der Waals surface area contributed by atoms with Crippen LogP contribution in [0.3, 0.4) is 0 Å². The van der Waals surface area contributed by atoms with E-state index in [1.54, 1.807) is 59.9 Å². The number of nitrogens with zero attached hydrogens (tertiary/aromatic N) is 2. The largest absolute Gasteiger partial charge is 0.497 e. The summed E-state index contributed by atoms with van der Waals surface area (Å²) in [6.45, 7) is 12.5. The number of alkyl carbamates (subject to hydrolysis) is 1. The molecule has 2 saturated carbocycles. The fourth-order valence-corrected chi connectivity index (χ4v) is 8.22. The highest BCUT2D eigenvalue weighted by atomic mass is 32.2. The minimum atomic E-state index is -3.91. The highest BCUT2D eigenvalue weighted by Gasteiger charge is 2.62. The van der Waals surface area contributed by atoms with Crippen molar-refractivity contribution in [1.82, 2.24) is 25.2 Å². The van der Waals surface area contributed by atoms with E-state index >= 15 is 0 Å². The van der Waals surface area contributed by atoms with E-state index in [1.165, 1.54) is 11.0 Å². The van der Waals surface area contributed by atoms with Gasteiger partial charge in [0, 0.05) is 46.9 Å². The van der Waals surface area contributed by atoms with Gasteiger partial charge in [-0.25, -0.2) is 18.2 Å². The fraction of sp³-hybridized carbons (Fsp3) is 0.475. The number of hydrogen-bond acceptors (Lipinski definition) is 10. The number of amides is 4. The van der Waals surface area contributed by atoms with Crippen LogP contribution in [-0.2, 0) is 29.1 Å². The van der Waals surface area contributed by atoms with E-state index in [4.69, 9.17) is 19.2 Å². The summed E-state index contributed by atoms with van der Waals surface area (Å²) in [5.74, 6) is -1.64. The number of ether oxygens (including phenoxy) is 3. The lowest BCUT2D eigenvalue weighted by Crippen LogP contribution is -2.58. The Morgan fingerprint density at radius 2 is 1.76 bits per heavy atom. The number of hydrogen-bond donors (Lipinski definition) is 3. The zero-order chi connectivity index (χ0) is 39.9. The smallest absolute Gasteiger partial charge is 0.408 e. The molecule has 6 rings (SSSR count). The monoisotopic (exact) mass is 775 g/mol. The van der Waals surface area contributed by atoms with Crippen molar-refractivity contribution in [1.29, 1.82) is 0 Å². The fourth-order valence-electron chi connectivity index (χ4n) is 6.86. The van der Waals surface area contributed by atoms with Crippen molar-refractivity contribution in [2.75, 3.05) is 13.7 Å². The van der Waals surface area contributed by atoms with Crippen molar-refractivity contribution >= 4 is 44.7 Å². The quantitative estimate of drug-likeness (QED) is 0.210. The molecular formula is C40H49N5O9S. The zero-order valence-electron chi connectivity index (χ0n) is 32.0. The number of aromatic nitrogens is 1. The molecule has 294 valence electrons. The number of sulfonamides is 1. The van der Waals surface area contributed by atoms with E-state index in [9.17, 15) is 27.6 Å². The molecule has 0 spiro atoms. The van der Waals surface area contributed by atoms with Gasteiger partial charge < -0.3 is 29.7 Å². The van der Waals surface area contributed by atoms with Crippen LogP contribution in [0.4, 0.5) is 4.79 Å². The van der Waals surface area contributed by atoms with E-state index in [-0.39, 0.29) is 25.4 Å². The van der Waals surface area contributed by atoms with Gasteiger partial charge in [-0.15, -0.1) is 6.58 Å². The minimum Gasteiger partial charge on any atom is -0.497 e. The third-order valence-corrected chi connectivity index (χ3v) is 11.9. The van der Waals surface area contributed by atoms with Crippen LogP contribution >= 0.6 is 0 Å². The van der Waals surface area contributed by atoms with Crippen LogP contribution in [0.1, 0.15) is 60.3 Å². The number of pyridine rings is 1. The number of fused-ring (bicyclic) bond motifs is 1. The summed E-state index contributed by atoms with van der Waals surface area (Å²) in [5.41, 5.74) is -0.384. The first-order chi connectivity index (χ1) is 25.9. The Bertz CT molecular complexity index is 2100. The van der Waals surface area contributed by atoms with Gasteiger partial charge in [0.1, 0.15) is 29.2 Å². The molecule has 15 heteroatoms. The van der Waals surface area contributed by atoms with Gasteiger partial charge in [-0.05, 0) is 45.2 Å². The number of rotatable bonds is 13. The molecule has 2 unspecified atom stereocenters. The predicted molar refractivity (Wildman–Crippen MR) is 206 cm³/mol. The van der Waals surface area contributed by atoms with Crippen molar-refractivity contribution in [2.24, 2.45) is 11.3 Å². The molecule has 4 amide bonds. The summed E-state index contributed by atoms with van der Waals surface area (Å²) in [4.78, 5) is 61.5. The maximum Gasteiger partial charge on any atom is 0.408 e. The lowest BCUT2D eigenvalue weighted by Gasteiger charge is -2.34. The van der Waals surface area contributed by atoms with Crippen LogP contribution in [-0.4, -0.2) is 90.9 Å². The second-order valence-electron chi connectivity index (χ2n) is 15.9. The van der Waals surface area contributed by atoms with E-state index in [0.717, 1.165) is 5.56 Å². The lowest BCUT2D eigenvalue weighted by molar-refractivity contribution is -0.150. The zero-order valence-corrected chi connectivity index (χ0v) is 32.8. The molecule has 1 aliphatic heterocycles. The molecule has 0 bridgehead atoms. The van der Waals surface area contributed by atoms with Crippen LogP contribution in [0.25, 0.3) is 22.2 Å². The van der Waals surface area contributed by atoms with E-state index in [0.29, 0.717) is 40.9 Å². The molecule has 1 saturated heterocycles. The van der Waals surface area contributed by atoms with Crippen molar-refractivity contribution in [3.63, 3.8) is 0 Å². The second kappa shape index (κ2) is 15.2. The molecular weight excluding hydrogens is 727 g/mol. The van der Waals surface area contributed by atoms with Gasteiger partial charge in [0.15, 0.2) is 6.10 Å². The molecule has 14 nitrogen and oxygen atoms in total. The van der Waals surface area contributed by atoms with Gasteiger partial charge in [0.25, 0.3) is 11.8 Å². The second-order valence-corrected chi connectivity index (χ2v) is 17.8. The van der Waals surface area contributed by atoms with Gasteiger partial charge in [0.05, 0.1) is 30.1 Å². The third kappa shape index (κ3) is 8.56.